The lowest BCUT2D eigenvalue weighted by molar-refractivity contribution is -0.123. The zero-order valence-electron chi connectivity index (χ0n) is 12.0. The smallest absolute Gasteiger partial charge is 0.252 e. The van der Waals surface area contributed by atoms with E-state index in [0.717, 1.165) is 24.8 Å². The first-order valence-corrected chi connectivity index (χ1v) is 6.99. The minimum Gasteiger partial charge on any atom is -0.330 e. The molecular weight excluding hydrogens is 272 g/mol. The van der Waals surface area contributed by atoms with E-state index in [1.54, 1.807) is 24.3 Å². The minimum absolute atomic E-state index is 0.0610. The monoisotopic (exact) mass is 294 g/mol. The third kappa shape index (κ3) is 8.13. The van der Waals surface area contributed by atoms with Crippen LogP contribution in [0.15, 0.2) is 29.4 Å². The van der Waals surface area contributed by atoms with E-state index in [4.69, 9.17) is 10.6 Å². The van der Waals surface area contributed by atoms with Crippen molar-refractivity contribution < 1.29 is 9.63 Å². The molecule has 0 radical (unpaired) electrons. The highest BCUT2D eigenvalue weighted by molar-refractivity contribution is 5.91. The molecule has 0 heterocycles. The first-order chi connectivity index (χ1) is 10.3. The van der Waals surface area contributed by atoms with Gasteiger partial charge in [0.1, 0.15) is 13.2 Å². The van der Waals surface area contributed by atoms with E-state index in [-0.39, 0.29) is 19.1 Å². The SMILES string of the molecule is NCCCCCNOCC(=O)Nc1ccc(CN=O)cc1. The van der Waals surface area contributed by atoms with Crippen molar-refractivity contribution in [2.45, 2.75) is 25.8 Å². The quantitative estimate of drug-likeness (QED) is 0.326. The Kier molecular flexibility index (Phi) is 8.94. The highest BCUT2D eigenvalue weighted by atomic mass is 16.6. The summed E-state index contributed by atoms with van der Waals surface area (Å²) < 4.78 is 0. The lowest BCUT2D eigenvalue weighted by Gasteiger charge is -2.07. The van der Waals surface area contributed by atoms with Crippen LogP contribution in [0.4, 0.5) is 5.69 Å². The summed E-state index contributed by atoms with van der Waals surface area (Å²) in [6.45, 7) is 1.46. The number of carbonyl (C=O) groups is 1. The molecule has 0 bridgehead atoms. The second kappa shape index (κ2) is 10.9. The maximum absolute atomic E-state index is 11.6. The number of nitroso groups, excluding NO2 is 1. The molecule has 0 fully saturated rings. The van der Waals surface area contributed by atoms with Gasteiger partial charge in [-0.05, 0) is 37.1 Å². The number of hydrogen-bond donors (Lipinski definition) is 3. The third-order valence-corrected chi connectivity index (χ3v) is 2.77. The van der Waals surface area contributed by atoms with Crippen molar-refractivity contribution in [1.29, 1.82) is 0 Å². The topological polar surface area (TPSA) is 106 Å². The first-order valence-electron chi connectivity index (χ1n) is 6.99. The summed E-state index contributed by atoms with van der Waals surface area (Å²) in [7, 11) is 0. The van der Waals surface area contributed by atoms with Crippen molar-refractivity contribution in [2.75, 3.05) is 25.0 Å². The number of rotatable bonds is 11. The van der Waals surface area contributed by atoms with Gasteiger partial charge in [-0.25, -0.2) is 5.48 Å². The van der Waals surface area contributed by atoms with Crippen LogP contribution in [0.2, 0.25) is 0 Å². The molecule has 0 aromatic heterocycles. The van der Waals surface area contributed by atoms with E-state index in [1.165, 1.54) is 0 Å². The van der Waals surface area contributed by atoms with Gasteiger partial charge in [-0.15, -0.1) is 0 Å². The molecule has 1 aromatic rings. The zero-order chi connectivity index (χ0) is 15.3. The Labute approximate surface area is 124 Å². The molecule has 7 heteroatoms. The van der Waals surface area contributed by atoms with Gasteiger partial charge in [-0.1, -0.05) is 23.7 Å². The van der Waals surface area contributed by atoms with Gasteiger partial charge in [-0.3, -0.25) is 9.63 Å². The standard InChI is InChI=1S/C14H22N4O3/c15-8-2-1-3-9-17-21-11-14(19)18-13-6-4-12(5-7-13)10-16-20/h4-7,17H,1-3,8-11,15H2,(H,18,19). The van der Waals surface area contributed by atoms with Crippen LogP contribution in [-0.4, -0.2) is 25.6 Å². The van der Waals surface area contributed by atoms with Crippen molar-refractivity contribution >= 4 is 11.6 Å². The Bertz CT molecular complexity index is 423. The van der Waals surface area contributed by atoms with E-state index in [9.17, 15) is 9.70 Å². The second-order valence-electron chi connectivity index (χ2n) is 4.56. The number of amides is 1. The van der Waals surface area contributed by atoms with Crippen molar-refractivity contribution in [3.8, 4) is 0 Å². The molecule has 116 valence electrons. The zero-order valence-corrected chi connectivity index (χ0v) is 12.0. The molecule has 1 rings (SSSR count). The highest BCUT2D eigenvalue weighted by Crippen LogP contribution is 2.10. The fraction of sp³-hybridized carbons (Fsp3) is 0.500. The summed E-state index contributed by atoms with van der Waals surface area (Å²) in [6, 6.07) is 6.93. The number of nitrogens with one attached hydrogen (secondary N) is 2. The lowest BCUT2D eigenvalue weighted by Crippen LogP contribution is -2.25. The molecule has 0 atom stereocenters. The number of carbonyl (C=O) groups excluding carboxylic acids is 1. The number of unbranched alkanes of at least 4 members (excludes halogenated alkanes) is 2. The molecule has 0 aliphatic heterocycles. The average Bonchev–Trinajstić information content (AvgIpc) is 2.49. The Hall–Kier alpha value is -1.83. The molecule has 0 aliphatic carbocycles. The predicted octanol–water partition coefficient (Wildman–Crippen LogP) is 1.54. The number of nitrogens with zero attached hydrogens (tertiary/aromatic N) is 1. The second-order valence-corrected chi connectivity index (χ2v) is 4.56. The van der Waals surface area contributed by atoms with Gasteiger partial charge in [0.25, 0.3) is 5.91 Å². The van der Waals surface area contributed by atoms with E-state index in [1.807, 2.05) is 0 Å². The summed E-state index contributed by atoms with van der Waals surface area (Å²) in [5, 5.41) is 5.49. The van der Waals surface area contributed by atoms with E-state index in [2.05, 4.69) is 16.0 Å². The molecule has 0 aliphatic rings. The van der Waals surface area contributed by atoms with Gasteiger partial charge in [0.2, 0.25) is 0 Å². The van der Waals surface area contributed by atoms with Crippen LogP contribution in [0.1, 0.15) is 24.8 Å². The molecule has 1 aromatic carbocycles. The Morgan fingerprint density at radius 1 is 1.19 bits per heavy atom. The van der Waals surface area contributed by atoms with Crippen LogP contribution in [0.3, 0.4) is 0 Å². The molecule has 0 saturated carbocycles. The fourth-order valence-electron chi connectivity index (χ4n) is 1.67. The third-order valence-electron chi connectivity index (χ3n) is 2.77. The van der Waals surface area contributed by atoms with Gasteiger partial charge in [0.05, 0.1) is 0 Å². The number of hydrogen-bond acceptors (Lipinski definition) is 6. The molecule has 21 heavy (non-hydrogen) atoms. The molecule has 0 spiro atoms. The summed E-state index contributed by atoms with van der Waals surface area (Å²) in [4.78, 5) is 26.8. The van der Waals surface area contributed by atoms with Crippen LogP contribution in [0, 0.1) is 4.91 Å². The molecule has 4 N–H and O–H groups in total. The van der Waals surface area contributed by atoms with Crippen molar-refractivity contribution in [2.24, 2.45) is 10.9 Å². The summed E-state index contributed by atoms with van der Waals surface area (Å²) in [6.07, 6.45) is 3.00. The first kappa shape index (κ1) is 17.2. The Morgan fingerprint density at radius 2 is 1.95 bits per heavy atom. The van der Waals surface area contributed by atoms with Crippen LogP contribution in [-0.2, 0) is 16.2 Å². The van der Waals surface area contributed by atoms with Gasteiger partial charge in [-0.2, -0.15) is 4.91 Å². The Balaban J connectivity index is 2.14. The Morgan fingerprint density at radius 3 is 2.62 bits per heavy atom. The van der Waals surface area contributed by atoms with Gasteiger partial charge < -0.3 is 11.1 Å². The van der Waals surface area contributed by atoms with Crippen molar-refractivity contribution in [1.82, 2.24) is 5.48 Å². The lowest BCUT2D eigenvalue weighted by atomic mass is 10.2. The number of benzene rings is 1. The van der Waals surface area contributed by atoms with E-state index in [0.29, 0.717) is 18.8 Å². The highest BCUT2D eigenvalue weighted by Gasteiger charge is 2.02. The van der Waals surface area contributed by atoms with E-state index < -0.39 is 0 Å². The minimum atomic E-state index is -0.245. The molecular formula is C14H22N4O3. The number of nitrogens with two attached hydrogens (primary N) is 1. The van der Waals surface area contributed by atoms with Crippen LogP contribution < -0.4 is 16.5 Å². The number of anilines is 1. The van der Waals surface area contributed by atoms with Gasteiger partial charge in [0.15, 0.2) is 0 Å². The van der Waals surface area contributed by atoms with Crippen LogP contribution >= 0.6 is 0 Å². The van der Waals surface area contributed by atoms with Crippen molar-refractivity contribution in [3.63, 3.8) is 0 Å². The summed E-state index contributed by atoms with van der Waals surface area (Å²) in [5.74, 6) is -0.245. The van der Waals surface area contributed by atoms with Crippen molar-refractivity contribution in [3.05, 3.63) is 34.7 Å². The fourth-order valence-corrected chi connectivity index (χ4v) is 1.67. The maximum Gasteiger partial charge on any atom is 0.252 e. The summed E-state index contributed by atoms with van der Waals surface area (Å²) in [5.41, 5.74) is 9.58. The molecule has 1 amide bonds. The van der Waals surface area contributed by atoms with Gasteiger partial charge >= 0.3 is 0 Å². The number of hydroxylamine groups is 1. The summed E-state index contributed by atoms with van der Waals surface area (Å²) >= 11 is 0. The molecule has 7 nitrogen and oxygen atoms in total. The van der Waals surface area contributed by atoms with Crippen LogP contribution in [0.25, 0.3) is 0 Å². The molecule has 0 saturated heterocycles. The predicted molar refractivity (Wildman–Crippen MR) is 81.4 cm³/mol. The van der Waals surface area contributed by atoms with E-state index >= 15 is 0 Å². The molecule has 0 unspecified atom stereocenters. The average molecular weight is 294 g/mol. The maximum atomic E-state index is 11.6. The van der Waals surface area contributed by atoms with Gasteiger partial charge in [0, 0.05) is 12.2 Å². The largest absolute Gasteiger partial charge is 0.330 e. The normalized spacial score (nSPS) is 10.3. The van der Waals surface area contributed by atoms with Crippen LogP contribution in [0.5, 0.6) is 0 Å².